The van der Waals surface area contributed by atoms with E-state index in [2.05, 4.69) is 50.9 Å². The van der Waals surface area contributed by atoms with E-state index in [0.29, 0.717) is 0 Å². The van der Waals surface area contributed by atoms with E-state index in [0.717, 1.165) is 25.7 Å². The molecule has 0 aliphatic rings. The van der Waals surface area contributed by atoms with Crippen LogP contribution >= 0.6 is 0 Å². The SMILES string of the molecule is CCCC(C)(C=O)CN(C)c1ccc(C)cc1C. The van der Waals surface area contributed by atoms with Crippen LogP contribution in [-0.2, 0) is 4.79 Å². The van der Waals surface area contributed by atoms with Gasteiger partial charge in [-0.05, 0) is 31.9 Å². The first-order valence-corrected chi connectivity index (χ1v) is 6.66. The van der Waals surface area contributed by atoms with E-state index in [1.165, 1.54) is 16.8 Å². The number of carbonyl (C=O) groups is 1. The number of hydrogen-bond donors (Lipinski definition) is 0. The molecule has 2 heteroatoms. The minimum absolute atomic E-state index is 0.249. The molecule has 1 rings (SSSR count). The maximum Gasteiger partial charge on any atom is 0.127 e. The van der Waals surface area contributed by atoms with Crippen LogP contribution in [0.1, 0.15) is 37.8 Å². The van der Waals surface area contributed by atoms with Gasteiger partial charge in [0.25, 0.3) is 0 Å². The average molecular weight is 247 g/mol. The average Bonchev–Trinajstić information content (AvgIpc) is 2.28. The lowest BCUT2D eigenvalue weighted by Gasteiger charge is -2.31. The van der Waals surface area contributed by atoms with Crippen LogP contribution in [-0.4, -0.2) is 19.9 Å². The third-order valence-corrected chi connectivity index (χ3v) is 3.47. The van der Waals surface area contributed by atoms with Gasteiger partial charge in [-0.1, -0.05) is 38.0 Å². The quantitative estimate of drug-likeness (QED) is 0.714. The van der Waals surface area contributed by atoms with Crippen LogP contribution in [0, 0.1) is 19.3 Å². The molecule has 0 N–H and O–H groups in total. The van der Waals surface area contributed by atoms with Gasteiger partial charge in [-0.15, -0.1) is 0 Å². The Balaban J connectivity index is 2.87. The maximum atomic E-state index is 11.3. The number of carbonyl (C=O) groups excluding carboxylic acids is 1. The zero-order valence-corrected chi connectivity index (χ0v) is 12.3. The highest BCUT2D eigenvalue weighted by atomic mass is 16.1. The third kappa shape index (κ3) is 3.59. The molecule has 0 heterocycles. The Labute approximate surface area is 111 Å². The Morgan fingerprint density at radius 1 is 1.33 bits per heavy atom. The number of benzene rings is 1. The highest BCUT2D eigenvalue weighted by molar-refractivity contribution is 5.62. The molecule has 0 saturated heterocycles. The monoisotopic (exact) mass is 247 g/mol. The molecule has 2 nitrogen and oxygen atoms in total. The van der Waals surface area contributed by atoms with Gasteiger partial charge in [0, 0.05) is 24.7 Å². The molecular formula is C16H25NO. The molecule has 1 aromatic rings. The lowest BCUT2D eigenvalue weighted by Crippen LogP contribution is -2.35. The zero-order chi connectivity index (χ0) is 13.8. The summed E-state index contributed by atoms with van der Waals surface area (Å²) in [5.74, 6) is 0. The summed E-state index contributed by atoms with van der Waals surface area (Å²) in [5.41, 5.74) is 3.50. The Kier molecular flexibility index (Phi) is 4.94. The number of aldehydes is 1. The fraction of sp³-hybridized carbons (Fsp3) is 0.562. The topological polar surface area (TPSA) is 20.3 Å². The molecule has 0 aliphatic carbocycles. The lowest BCUT2D eigenvalue weighted by atomic mass is 9.86. The number of hydrogen-bond acceptors (Lipinski definition) is 2. The first kappa shape index (κ1) is 14.7. The molecule has 0 spiro atoms. The van der Waals surface area contributed by atoms with Crippen molar-refractivity contribution in [1.82, 2.24) is 0 Å². The summed E-state index contributed by atoms with van der Waals surface area (Å²) in [6, 6.07) is 6.45. The number of aryl methyl sites for hydroxylation is 2. The first-order valence-electron chi connectivity index (χ1n) is 6.66. The van der Waals surface area contributed by atoms with Crippen molar-refractivity contribution >= 4 is 12.0 Å². The predicted molar refractivity (Wildman–Crippen MR) is 78.3 cm³/mol. The van der Waals surface area contributed by atoms with Gasteiger partial charge in [0.2, 0.25) is 0 Å². The van der Waals surface area contributed by atoms with Gasteiger partial charge in [-0.3, -0.25) is 0 Å². The normalized spacial score (nSPS) is 14.1. The van der Waals surface area contributed by atoms with Crippen molar-refractivity contribution in [3.05, 3.63) is 29.3 Å². The molecule has 18 heavy (non-hydrogen) atoms. The first-order chi connectivity index (χ1) is 8.41. The summed E-state index contributed by atoms with van der Waals surface area (Å²) in [7, 11) is 2.06. The molecule has 0 radical (unpaired) electrons. The molecule has 1 unspecified atom stereocenters. The van der Waals surface area contributed by atoms with Crippen LogP contribution in [0.5, 0.6) is 0 Å². The van der Waals surface area contributed by atoms with Crippen molar-refractivity contribution in [3.63, 3.8) is 0 Å². The minimum atomic E-state index is -0.249. The molecule has 0 bridgehead atoms. The van der Waals surface area contributed by atoms with E-state index in [1.807, 2.05) is 6.92 Å². The zero-order valence-electron chi connectivity index (χ0n) is 12.3. The standard InChI is InChI=1S/C16H25NO/c1-6-9-16(4,12-18)11-17(5)15-8-7-13(2)10-14(15)3/h7-8,10,12H,6,9,11H2,1-5H3. The van der Waals surface area contributed by atoms with Crippen molar-refractivity contribution in [2.45, 2.75) is 40.5 Å². The minimum Gasteiger partial charge on any atom is -0.373 e. The van der Waals surface area contributed by atoms with Crippen LogP contribution in [0.3, 0.4) is 0 Å². The Hall–Kier alpha value is -1.31. The van der Waals surface area contributed by atoms with E-state index in [4.69, 9.17) is 0 Å². The van der Waals surface area contributed by atoms with Crippen LogP contribution in [0.25, 0.3) is 0 Å². The largest absolute Gasteiger partial charge is 0.373 e. The van der Waals surface area contributed by atoms with E-state index >= 15 is 0 Å². The molecular weight excluding hydrogens is 222 g/mol. The Bertz CT molecular complexity index is 414. The Morgan fingerprint density at radius 2 is 2.00 bits per heavy atom. The van der Waals surface area contributed by atoms with Crippen molar-refractivity contribution in [3.8, 4) is 0 Å². The molecule has 0 saturated carbocycles. The second kappa shape index (κ2) is 6.03. The van der Waals surface area contributed by atoms with E-state index < -0.39 is 0 Å². The van der Waals surface area contributed by atoms with Gasteiger partial charge in [0.15, 0.2) is 0 Å². The fourth-order valence-corrected chi connectivity index (χ4v) is 2.61. The summed E-state index contributed by atoms with van der Waals surface area (Å²) in [5, 5.41) is 0. The van der Waals surface area contributed by atoms with Crippen LogP contribution in [0.4, 0.5) is 5.69 Å². The summed E-state index contributed by atoms with van der Waals surface area (Å²) >= 11 is 0. The molecule has 0 aromatic heterocycles. The van der Waals surface area contributed by atoms with Crippen molar-refractivity contribution in [1.29, 1.82) is 0 Å². The van der Waals surface area contributed by atoms with Crippen LogP contribution < -0.4 is 4.90 Å². The molecule has 100 valence electrons. The van der Waals surface area contributed by atoms with Gasteiger partial charge in [0.1, 0.15) is 6.29 Å². The summed E-state index contributed by atoms with van der Waals surface area (Å²) in [6.07, 6.45) is 3.08. The molecule has 1 aromatic carbocycles. The second-order valence-corrected chi connectivity index (χ2v) is 5.67. The summed E-state index contributed by atoms with van der Waals surface area (Å²) in [6.45, 7) is 9.16. The highest BCUT2D eigenvalue weighted by Crippen LogP contribution is 2.26. The Morgan fingerprint density at radius 3 is 2.50 bits per heavy atom. The van der Waals surface area contributed by atoms with E-state index in [1.54, 1.807) is 0 Å². The van der Waals surface area contributed by atoms with E-state index in [-0.39, 0.29) is 5.41 Å². The van der Waals surface area contributed by atoms with Gasteiger partial charge in [-0.2, -0.15) is 0 Å². The predicted octanol–water partition coefficient (Wildman–Crippen LogP) is 3.74. The number of anilines is 1. The van der Waals surface area contributed by atoms with E-state index in [9.17, 15) is 4.79 Å². The van der Waals surface area contributed by atoms with Gasteiger partial charge < -0.3 is 9.69 Å². The smallest absolute Gasteiger partial charge is 0.127 e. The molecule has 0 amide bonds. The lowest BCUT2D eigenvalue weighted by molar-refractivity contribution is -0.115. The van der Waals surface area contributed by atoms with Crippen LogP contribution in [0.15, 0.2) is 18.2 Å². The molecule has 0 fully saturated rings. The van der Waals surface area contributed by atoms with Gasteiger partial charge in [0.05, 0.1) is 0 Å². The maximum absolute atomic E-state index is 11.3. The van der Waals surface area contributed by atoms with Crippen molar-refractivity contribution in [2.24, 2.45) is 5.41 Å². The van der Waals surface area contributed by atoms with Gasteiger partial charge in [-0.25, -0.2) is 0 Å². The number of rotatable bonds is 6. The number of nitrogens with zero attached hydrogens (tertiary/aromatic N) is 1. The highest BCUT2D eigenvalue weighted by Gasteiger charge is 2.25. The van der Waals surface area contributed by atoms with Crippen molar-refractivity contribution in [2.75, 3.05) is 18.5 Å². The molecule has 1 atom stereocenters. The van der Waals surface area contributed by atoms with Crippen LogP contribution in [0.2, 0.25) is 0 Å². The molecule has 0 aliphatic heterocycles. The van der Waals surface area contributed by atoms with Crippen molar-refractivity contribution < 1.29 is 4.79 Å². The summed E-state index contributed by atoms with van der Waals surface area (Å²) < 4.78 is 0. The summed E-state index contributed by atoms with van der Waals surface area (Å²) in [4.78, 5) is 13.5. The van der Waals surface area contributed by atoms with Gasteiger partial charge >= 0.3 is 0 Å². The third-order valence-electron chi connectivity index (χ3n) is 3.47. The fourth-order valence-electron chi connectivity index (χ4n) is 2.61. The second-order valence-electron chi connectivity index (χ2n) is 5.67.